The van der Waals surface area contributed by atoms with Crippen LogP contribution in [0.25, 0.3) is 0 Å². The molecule has 2 amide bonds. The van der Waals surface area contributed by atoms with Gasteiger partial charge in [-0.1, -0.05) is 12.1 Å². The number of nitrogens with zero attached hydrogens (tertiary/aromatic N) is 1. The maximum Gasteiger partial charge on any atom is 0.325 e. The zero-order chi connectivity index (χ0) is 13.8. The Hall–Kier alpha value is -1.92. The van der Waals surface area contributed by atoms with Crippen LogP contribution in [0.5, 0.6) is 0 Å². The average Bonchev–Trinajstić information content (AvgIpc) is 2.77. The molecule has 1 aromatic carbocycles. The molecule has 2 aromatic rings. The largest absolute Gasteiger partial charge is 0.325 e. The smallest absolute Gasteiger partial charge is 0.323 e. The number of urea groups is 1. The number of rotatable bonds is 3. The Morgan fingerprint density at radius 2 is 2.21 bits per heavy atom. The van der Waals surface area contributed by atoms with Crippen molar-refractivity contribution in [1.29, 1.82) is 0 Å². The number of anilines is 2. The van der Waals surface area contributed by atoms with Gasteiger partial charge in [-0.2, -0.15) is 0 Å². The molecule has 1 unspecified atom stereocenters. The Bertz CT molecular complexity index is 580. The van der Waals surface area contributed by atoms with Crippen LogP contribution in [0.15, 0.2) is 29.6 Å². The van der Waals surface area contributed by atoms with Gasteiger partial charge in [0.25, 0.3) is 0 Å². The van der Waals surface area contributed by atoms with Crippen LogP contribution in [-0.2, 0) is 0 Å². The maximum absolute atomic E-state index is 11.8. The van der Waals surface area contributed by atoms with Gasteiger partial charge >= 0.3 is 6.03 Å². The highest BCUT2D eigenvalue weighted by Crippen LogP contribution is 2.19. The Morgan fingerprint density at radius 1 is 1.42 bits per heavy atom. The summed E-state index contributed by atoms with van der Waals surface area (Å²) >= 11 is 1.36. The second-order valence-electron chi connectivity index (χ2n) is 4.31. The van der Waals surface area contributed by atoms with E-state index in [1.807, 2.05) is 43.5 Å². The summed E-state index contributed by atoms with van der Waals surface area (Å²) in [5, 5.41) is 7.82. The topological polar surface area (TPSA) is 80.0 Å². The third kappa shape index (κ3) is 3.77. The van der Waals surface area contributed by atoms with Crippen LogP contribution < -0.4 is 16.4 Å². The van der Waals surface area contributed by atoms with Crippen LogP contribution in [0.4, 0.5) is 15.6 Å². The predicted molar refractivity (Wildman–Crippen MR) is 78.5 cm³/mol. The van der Waals surface area contributed by atoms with Crippen LogP contribution in [0.3, 0.4) is 0 Å². The van der Waals surface area contributed by atoms with Gasteiger partial charge in [-0.05, 0) is 31.5 Å². The molecule has 0 saturated carbocycles. The van der Waals surface area contributed by atoms with E-state index < -0.39 is 0 Å². The van der Waals surface area contributed by atoms with Crippen LogP contribution in [0, 0.1) is 6.92 Å². The Morgan fingerprint density at radius 3 is 2.84 bits per heavy atom. The number of thiazole rings is 1. The van der Waals surface area contributed by atoms with Gasteiger partial charge in [-0.15, -0.1) is 11.3 Å². The zero-order valence-electron chi connectivity index (χ0n) is 10.8. The van der Waals surface area contributed by atoms with Crippen molar-refractivity contribution >= 4 is 28.2 Å². The van der Waals surface area contributed by atoms with Gasteiger partial charge in [0.05, 0.1) is 5.69 Å². The summed E-state index contributed by atoms with van der Waals surface area (Å²) in [7, 11) is 0. The molecule has 1 heterocycles. The second kappa shape index (κ2) is 5.81. The van der Waals surface area contributed by atoms with E-state index in [-0.39, 0.29) is 12.1 Å². The Labute approximate surface area is 115 Å². The minimum Gasteiger partial charge on any atom is -0.323 e. The normalized spacial score (nSPS) is 11.9. The fourth-order valence-corrected chi connectivity index (χ4v) is 2.34. The molecule has 19 heavy (non-hydrogen) atoms. The first kappa shape index (κ1) is 13.5. The number of amides is 2. The van der Waals surface area contributed by atoms with Crippen molar-refractivity contribution in [3.05, 3.63) is 40.9 Å². The Kier molecular flexibility index (Phi) is 4.13. The first-order valence-corrected chi connectivity index (χ1v) is 6.78. The monoisotopic (exact) mass is 276 g/mol. The number of benzene rings is 1. The second-order valence-corrected chi connectivity index (χ2v) is 5.17. The molecule has 5 nitrogen and oxygen atoms in total. The molecule has 0 radical (unpaired) electrons. The number of nitrogens with two attached hydrogens (primary N) is 1. The summed E-state index contributed by atoms with van der Waals surface area (Å²) in [6, 6.07) is 7.15. The SMILES string of the molecule is Cc1cccc(NC(=O)Nc2nc(C(C)N)cs2)c1. The highest BCUT2D eigenvalue weighted by atomic mass is 32.1. The third-order valence-corrected chi connectivity index (χ3v) is 3.26. The van der Waals surface area contributed by atoms with Crippen molar-refractivity contribution in [2.75, 3.05) is 10.6 Å². The summed E-state index contributed by atoms with van der Waals surface area (Å²) in [4.78, 5) is 16.0. The van der Waals surface area contributed by atoms with E-state index in [9.17, 15) is 4.79 Å². The van der Waals surface area contributed by atoms with Crippen molar-refractivity contribution in [2.45, 2.75) is 19.9 Å². The molecule has 0 aliphatic carbocycles. The molecule has 2 rings (SSSR count). The van der Waals surface area contributed by atoms with E-state index in [0.717, 1.165) is 16.9 Å². The fraction of sp³-hybridized carbons (Fsp3) is 0.231. The molecular weight excluding hydrogens is 260 g/mol. The average molecular weight is 276 g/mol. The molecule has 1 atom stereocenters. The number of aromatic nitrogens is 1. The van der Waals surface area contributed by atoms with Gasteiger partial charge in [0.1, 0.15) is 0 Å². The van der Waals surface area contributed by atoms with Crippen LogP contribution >= 0.6 is 11.3 Å². The lowest BCUT2D eigenvalue weighted by atomic mass is 10.2. The molecule has 0 bridgehead atoms. The quantitative estimate of drug-likeness (QED) is 0.805. The van der Waals surface area contributed by atoms with Crippen molar-refractivity contribution in [3.63, 3.8) is 0 Å². The lowest BCUT2D eigenvalue weighted by Crippen LogP contribution is -2.19. The number of nitrogens with one attached hydrogen (secondary N) is 2. The van der Waals surface area contributed by atoms with Crippen LogP contribution in [0.2, 0.25) is 0 Å². The molecule has 0 spiro atoms. The van der Waals surface area contributed by atoms with Crippen molar-refractivity contribution in [3.8, 4) is 0 Å². The van der Waals surface area contributed by atoms with E-state index >= 15 is 0 Å². The highest BCUT2D eigenvalue weighted by molar-refractivity contribution is 7.13. The molecule has 4 N–H and O–H groups in total. The molecule has 100 valence electrons. The van der Waals surface area contributed by atoms with Crippen molar-refractivity contribution in [2.24, 2.45) is 5.73 Å². The molecule has 0 aliphatic heterocycles. The number of carbonyl (C=O) groups excluding carboxylic acids is 1. The van der Waals surface area contributed by atoms with Gasteiger partial charge in [0.2, 0.25) is 0 Å². The highest BCUT2D eigenvalue weighted by Gasteiger charge is 2.08. The van der Waals surface area contributed by atoms with Crippen LogP contribution in [0.1, 0.15) is 24.2 Å². The minimum absolute atomic E-state index is 0.133. The molecule has 6 heteroatoms. The first-order chi connectivity index (χ1) is 9.04. The van der Waals surface area contributed by atoms with Gasteiger partial charge in [-0.25, -0.2) is 9.78 Å². The zero-order valence-corrected chi connectivity index (χ0v) is 11.6. The number of hydrogen-bond acceptors (Lipinski definition) is 4. The summed E-state index contributed by atoms with van der Waals surface area (Å²) in [6.45, 7) is 3.82. The number of hydrogen-bond donors (Lipinski definition) is 3. The maximum atomic E-state index is 11.8. The summed E-state index contributed by atoms with van der Waals surface area (Å²) in [5.74, 6) is 0. The number of aryl methyl sites for hydroxylation is 1. The van der Waals surface area contributed by atoms with Gasteiger partial charge in [0, 0.05) is 17.1 Å². The Balaban J connectivity index is 1.97. The van der Waals surface area contributed by atoms with Crippen molar-refractivity contribution < 1.29 is 4.79 Å². The summed E-state index contributed by atoms with van der Waals surface area (Å²) in [6.07, 6.45) is 0. The van der Waals surface area contributed by atoms with E-state index in [4.69, 9.17) is 5.73 Å². The van der Waals surface area contributed by atoms with Gasteiger partial charge in [0.15, 0.2) is 5.13 Å². The van der Waals surface area contributed by atoms with E-state index in [1.165, 1.54) is 11.3 Å². The molecular formula is C13H16N4OS. The standard InChI is InChI=1S/C13H16N4OS/c1-8-4-3-5-10(6-8)15-12(18)17-13-16-11(7-19-13)9(2)14/h3-7,9H,14H2,1-2H3,(H2,15,16,17,18). The van der Waals surface area contributed by atoms with Gasteiger partial charge < -0.3 is 11.1 Å². The summed E-state index contributed by atoms with van der Waals surface area (Å²) < 4.78 is 0. The van der Waals surface area contributed by atoms with Crippen molar-refractivity contribution in [1.82, 2.24) is 4.98 Å². The molecule has 0 fully saturated rings. The lowest BCUT2D eigenvalue weighted by Gasteiger charge is -2.06. The lowest BCUT2D eigenvalue weighted by molar-refractivity contribution is 0.262. The summed E-state index contributed by atoms with van der Waals surface area (Å²) in [5.41, 5.74) is 8.33. The fourth-order valence-electron chi connectivity index (χ4n) is 1.53. The van der Waals surface area contributed by atoms with E-state index in [1.54, 1.807) is 0 Å². The first-order valence-electron chi connectivity index (χ1n) is 5.90. The van der Waals surface area contributed by atoms with Gasteiger partial charge in [-0.3, -0.25) is 5.32 Å². The van der Waals surface area contributed by atoms with E-state index in [0.29, 0.717) is 5.13 Å². The molecule has 0 aliphatic rings. The van der Waals surface area contributed by atoms with Crippen LogP contribution in [-0.4, -0.2) is 11.0 Å². The predicted octanol–water partition coefficient (Wildman–Crippen LogP) is 3.12. The molecule has 1 aromatic heterocycles. The minimum atomic E-state index is -0.309. The van der Waals surface area contributed by atoms with E-state index in [2.05, 4.69) is 15.6 Å². The third-order valence-electron chi connectivity index (χ3n) is 2.48. The number of carbonyl (C=O) groups is 1. The molecule has 0 saturated heterocycles.